The van der Waals surface area contributed by atoms with E-state index in [9.17, 15) is 4.79 Å². The van der Waals surface area contributed by atoms with Crippen LogP contribution in [0.2, 0.25) is 0 Å². The smallest absolute Gasteiger partial charge is 0.410 e. The summed E-state index contributed by atoms with van der Waals surface area (Å²) >= 11 is 0. The van der Waals surface area contributed by atoms with Crippen LogP contribution in [0.1, 0.15) is 31.4 Å². The first-order valence-electron chi connectivity index (χ1n) is 6.01. The molecule has 4 heteroatoms. The Bertz CT molecular complexity index is 406. The molecule has 17 heavy (non-hydrogen) atoms. The van der Waals surface area contributed by atoms with Crippen LogP contribution >= 0.6 is 0 Å². The van der Waals surface area contributed by atoms with Crippen molar-refractivity contribution in [3.63, 3.8) is 0 Å². The number of likely N-dealkylation sites (tertiary alicyclic amines) is 1. The molecule has 2 N–H and O–H groups in total. The minimum Gasteiger partial charge on any atom is -0.450 e. The first kappa shape index (κ1) is 11.8. The van der Waals surface area contributed by atoms with Gasteiger partial charge in [-0.2, -0.15) is 0 Å². The molecular weight excluding hydrogens is 216 g/mol. The summed E-state index contributed by atoms with van der Waals surface area (Å²) in [6, 6.07) is 7.83. The fourth-order valence-corrected chi connectivity index (χ4v) is 2.30. The molecule has 0 aromatic heterocycles. The molecule has 0 radical (unpaired) electrons. The first-order valence-corrected chi connectivity index (χ1v) is 6.01. The SMILES string of the molecule is CCOC(=O)N1CCCC1c1cccc(N)c1. The Morgan fingerprint density at radius 1 is 1.59 bits per heavy atom. The molecule has 1 aliphatic rings. The van der Waals surface area contributed by atoms with E-state index in [4.69, 9.17) is 10.5 Å². The Morgan fingerprint density at radius 3 is 3.12 bits per heavy atom. The number of nitrogens with zero attached hydrogens (tertiary/aromatic N) is 1. The van der Waals surface area contributed by atoms with E-state index in [1.807, 2.05) is 31.2 Å². The number of nitrogens with two attached hydrogens (primary N) is 1. The molecule has 4 nitrogen and oxygen atoms in total. The number of benzene rings is 1. The van der Waals surface area contributed by atoms with Gasteiger partial charge in [0.1, 0.15) is 0 Å². The van der Waals surface area contributed by atoms with E-state index < -0.39 is 0 Å². The van der Waals surface area contributed by atoms with Gasteiger partial charge in [0.25, 0.3) is 0 Å². The number of nitrogen functional groups attached to an aromatic ring is 1. The van der Waals surface area contributed by atoms with Crippen molar-refractivity contribution in [3.8, 4) is 0 Å². The van der Waals surface area contributed by atoms with E-state index >= 15 is 0 Å². The molecular formula is C13H18N2O2. The van der Waals surface area contributed by atoms with Crippen molar-refractivity contribution in [1.82, 2.24) is 4.90 Å². The standard InChI is InChI=1S/C13H18N2O2/c1-2-17-13(16)15-8-4-7-12(15)10-5-3-6-11(14)9-10/h3,5-6,9,12H,2,4,7-8,14H2,1H3. The third-order valence-corrected chi connectivity index (χ3v) is 3.05. The summed E-state index contributed by atoms with van der Waals surface area (Å²) < 4.78 is 5.06. The number of rotatable bonds is 2. The maximum Gasteiger partial charge on any atom is 0.410 e. The fraction of sp³-hybridized carbons (Fsp3) is 0.462. The van der Waals surface area contributed by atoms with E-state index in [0.717, 1.165) is 30.6 Å². The molecule has 1 aromatic rings. The van der Waals surface area contributed by atoms with Crippen LogP contribution in [-0.2, 0) is 4.74 Å². The average molecular weight is 234 g/mol. The van der Waals surface area contributed by atoms with Crippen molar-refractivity contribution in [2.75, 3.05) is 18.9 Å². The molecule has 0 bridgehead atoms. The molecule has 1 saturated heterocycles. The van der Waals surface area contributed by atoms with Crippen molar-refractivity contribution in [2.24, 2.45) is 0 Å². The van der Waals surface area contributed by atoms with Gasteiger partial charge in [-0.3, -0.25) is 0 Å². The fourth-order valence-electron chi connectivity index (χ4n) is 2.30. The number of carbonyl (C=O) groups excluding carboxylic acids is 1. The van der Waals surface area contributed by atoms with Gasteiger partial charge in [0.2, 0.25) is 0 Å². The zero-order valence-electron chi connectivity index (χ0n) is 10.1. The van der Waals surface area contributed by atoms with E-state index in [1.54, 1.807) is 4.90 Å². The van der Waals surface area contributed by atoms with Crippen LogP contribution in [0.4, 0.5) is 10.5 Å². The zero-order chi connectivity index (χ0) is 12.3. The topological polar surface area (TPSA) is 55.6 Å². The molecule has 1 aliphatic heterocycles. The highest BCUT2D eigenvalue weighted by molar-refractivity contribution is 5.68. The summed E-state index contributed by atoms with van der Waals surface area (Å²) in [7, 11) is 0. The summed E-state index contributed by atoms with van der Waals surface area (Å²) in [5.74, 6) is 0. The first-order chi connectivity index (χ1) is 8.22. The largest absolute Gasteiger partial charge is 0.450 e. The maximum atomic E-state index is 11.8. The Hall–Kier alpha value is -1.71. The van der Waals surface area contributed by atoms with Gasteiger partial charge in [-0.1, -0.05) is 12.1 Å². The van der Waals surface area contributed by atoms with E-state index in [-0.39, 0.29) is 12.1 Å². The molecule has 1 atom stereocenters. The minimum atomic E-state index is -0.225. The molecule has 0 saturated carbocycles. The normalized spacial score (nSPS) is 19.4. The highest BCUT2D eigenvalue weighted by Crippen LogP contribution is 2.32. The molecule has 1 amide bonds. The number of hydrogen-bond acceptors (Lipinski definition) is 3. The second-order valence-corrected chi connectivity index (χ2v) is 4.22. The second-order valence-electron chi connectivity index (χ2n) is 4.22. The third kappa shape index (κ3) is 2.52. The summed E-state index contributed by atoms with van der Waals surface area (Å²) in [5.41, 5.74) is 7.60. The predicted molar refractivity (Wildman–Crippen MR) is 66.6 cm³/mol. The molecule has 1 heterocycles. The van der Waals surface area contributed by atoms with Gasteiger partial charge in [-0.25, -0.2) is 4.79 Å². The lowest BCUT2D eigenvalue weighted by atomic mass is 10.0. The Morgan fingerprint density at radius 2 is 2.41 bits per heavy atom. The predicted octanol–water partition coefficient (Wildman–Crippen LogP) is 2.56. The van der Waals surface area contributed by atoms with Crippen LogP contribution in [0.15, 0.2) is 24.3 Å². The Kier molecular flexibility index (Phi) is 3.52. The van der Waals surface area contributed by atoms with Crippen molar-refractivity contribution >= 4 is 11.8 Å². The summed E-state index contributed by atoms with van der Waals surface area (Å²) in [5, 5.41) is 0. The lowest BCUT2D eigenvalue weighted by Crippen LogP contribution is -2.31. The molecule has 2 rings (SSSR count). The average Bonchev–Trinajstić information content (AvgIpc) is 2.78. The molecule has 0 aliphatic carbocycles. The lowest BCUT2D eigenvalue weighted by molar-refractivity contribution is 0.103. The lowest BCUT2D eigenvalue weighted by Gasteiger charge is -2.24. The second kappa shape index (κ2) is 5.08. The van der Waals surface area contributed by atoms with Gasteiger partial charge in [-0.05, 0) is 37.5 Å². The Labute approximate surface area is 101 Å². The van der Waals surface area contributed by atoms with Crippen molar-refractivity contribution < 1.29 is 9.53 Å². The summed E-state index contributed by atoms with van der Waals surface area (Å²) in [6.07, 6.45) is 1.76. The van der Waals surface area contributed by atoms with E-state index in [0.29, 0.717) is 6.61 Å². The number of anilines is 1. The minimum absolute atomic E-state index is 0.109. The van der Waals surface area contributed by atoms with Crippen LogP contribution < -0.4 is 5.73 Å². The van der Waals surface area contributed by atoms with E-state index in [1.165, 1.54) is 0 Å². The number of ether oxygens (including phenoxy) is 1. The number of amides is 1. The molecule has 1 fully saturated rings. The summed E-state index contributed by atoms with van der Waals surface area (Å²) in [4.78, 5) is 13.6. The van der Waals surface area contributed by atoms with Gasteiger partial charge < -0.3 is 15.4 Å². The van der Waals surface area contributed by atoms with Gasteiger partial charge in [0, 0.05) is 12.2 Å². The van der Waals surface area contributed by atoms with Crippen LogP contribution in [0.3, 0.4) is 0 Å². The van der Waals surface area contributed by atoms with Crippen LogP contribution in [-0.4, -0.2) is 24.1 Å². The quantitative estimate of drug-likeness (QED) is 0.800. The van der Waals surface area contributed by atoms with Gasteiger partial charge in [0.05, 0.1) is 12.6 Å². The summed E-state index contributed by atoms with van der Waals surface area (Å²) in [6.45, 7) is 3.00. The maximum absolute atomic E-state index is 11.8. The number of carbonyl (C=O) groups is 1. The van der Waals surface area contributed by atoms with Gasteiger partial charge in [0.15, 0.2) is 0 Å². The highest BCUT2D eigenvalue weighted by Gasteiger charge is 2.30. The zero-order valence-corrected chi connectivity index (χ0v) is 10.1. The molecule has 0 spiro atoms. The third-order valence-electron chi connectivity index (χ3n) is 3.05. The molecule has 92 valence electrons. The van der Waals surface area contributed by atoms with E-state index in [2.05, 4.69) is 0 Å². The van der Waals surface area contributed by atoms with Gasteiger partial charge in [-0.15, -0.1) is 0 Å². The van der Waals surface area contributed by atoms with Crippen LogP contribution in [0.5, 0.6) is 0 Å². The van der Waals surface area contributed by atoms with Crippen molar-refractivity contribution in [2.45, 2.75) is 25.8 Å². The van der Waals surface area contributed by atoms with Crippen LogP contribution in [0, 0.1) is 0 Å². The monoisotopic (exact) mass is 234 g/mol. The Balaban J connectivity index is 2.17. The van der Waals surface area contributed by atoms with Crippen LogP contribution in [0.25, 0.3) is 0 Å². The molecule has 1 unspecified atom stereocenters. The molecule has 1 aromatic carbocycles. The van der Waals surface area contributed by atoms with Crippen molar-refractivity contribution in [1.29, 1.82) is 0 Å². The highest BCUT2D eigenvalue weighted by atomic mass is 16.6. The van der Waals surface area contributed by atoms with Crippen molar-refractivity contribution in [3.05, 3.63) is 29.8 Å². The van der Waals surface area contributed by atoms with Gasteiger partial charge >= 0.3 is 6.09 Å². The number of hydrogen-bond donors (Lipinski definition) is 1.